The molecular weight excluding hydrogens is 406 g/mol. The predicted molar refractivity (Wildman–Crippen MR) is 123 cm³/mol. The molecule has 6 rings (SSSR count). The largest absolute Gasteiger partial charge is 0.338 e. The summed E-state index contributed by atoms with van der Waals surface area (Å²) in [7, 11) is 0. The lowest BCUT2D eigenvalue weighted by Gasteiger charge is -2.43. The van der Waals surface area contributed by atoms with Gasteiger partial charge in [-0.2, -0.15) is 0 Å². The van der Waals surface area contributed by atoms with Crippen LogP contribution in [0.3, 0.4) is 0 Å². The number of hydrogen-bond acceptors (Lipinski definition) is 4. The normalized spacial score (nSPS) is 19.9. The maximum Gasteiger partial charge on any atom is 0.259 e. The van der Waals surface area contributed by atoms with Crippen LogP contribution < -0.4 is 5.56 Å². The first kappa shape index (κ1) is 18.5. The van der Waals surface area contributed by atoms with Crippen LogP contribution in [0.2, 0.25) is 0 Å². The molecule has 6 heteroatoms. The Labute approximate surface area is 183 Å². The van der Waals surface area contributed by atoms with Crippen LogP contribution in [0.25, 0.3) is 20.5 Å². The molecule has 2 unspecified atom stereocenters. The fourth-order valence-electron chi connectivity index (χ4n) is 5.09. The second kappa shape index (κ2) is 7.17. The molecule has 2 bridgehead atoms. The molecule has 2 atom stereocenters. The molecule has 0 saturated carbocycles. The predicted octanol–water partition coefficient (Wildman–Crippen LogP) is 4.38. The maximum atomic E-state index is 13.4. The Morgan fingerprint density at radius 3 is 2.68 bits per heavy atom. The van der Waals surface area contributed by atoms with Crippen molar-refractivity contribution >= 4 is 27.3 Å². The summed E-state index contributed by atoms with van der Waals surface area (Å²) < 4.78 is 3.16. The van der Waals surface area contributed by atoms with E-state index in [0.717, 1.165) is 22.6 Å². The SMILES string of the molecule is O=C(c1ccncc1)N1CC2CC(C1)c1ccc(-c3cc4ccccc4s3)c(=O)n1C2. The van der Waals surface area contributed by atoms with Crippen molar-refractivity contribution in [1.82, 2.24) is 14.5 Å². The van der Waals surface area contributed by atoms with E-state index in [-0.39, 0.29) is 17.4 Å². The third kappa shape index (κ3) is 3.10. The van der Waals surface area contributed by atoms with Crippen molar-refractivity contribution in [3.8, 4) is 10.4 Å². The molecule has 5 nitrogen and oxygen atoms in total. The van der Waals surface area contributed by atoms with Crippen molar-refractivity contribution in [3.63, 3.8) is 0 Å². The number of rotatable bonds is 2. The number of aromatic nitrogens is 2. The highest BCUT2D eigenvalue weighted by atomic mass is 32.1. The summed E-state index contributed by atoms with van der Waals surface area (Å²) in [6, 6.07) is 18.0. The van der Waals surface area contributed by atoms with Crippen LogP contribution in [-0.4, -0.2) is 33.4 Å². The number of carbonyl (C=O) groups is 1. The second-order valence-corrected chi connectivity index (χ2v) is 9.56. The average Bonchev–Trinajstić information content (AvgIpc) is 3.24. The molecule has 4 aromatic rings. The zero-order valence-corrected chi connectivity index (χ0v) is 17.7. The Kier molecular flexibility index (Phi) is 4.28. The Balaban J connectivity index is 1.34. The number of carbonyl (C=O) groups excluding carboxylic acids is 1. The van der Waals surface area contributed by atoms with E-state index < -0.39 is 0 Å². The van der Waals surface area contributed by atoms with Gasteiger partial charge in [0.25, 0.3) is 11.5 Å². The lowest BCUT2D eigenvalue weighted by molar-refractivity contribution is 0.0594. The first-order chi connectivity index (χ1) is 15.2. The molecule has 0 radical (unpaired) electrons. The van der Waals surface area contributed by atoms with Crippen molar-refractivity contribution in [2.45, 2.75) is 18.9 Å². The molecule has 0 spiro atoms. The van der Waals surface area contributed by atoms with Crippen LogP contribution in [-0.2, 0) is 6.54 Å². The minimum Gasteiger partial charge on any atom is -0.338 e. The van der Waals surface area contributed by atoms with Crippen LogP contribution in [0.4, 0.5) is 0 Å². The summed E-state index contributed by atoms with van der Waals surface area (Å²) in [6.45, 7) is 2.01. The van der Waals surface area contributed by atoms with Gasteiger partial charge in [0, 0.05) is 58.8 Å². The number of benzene rings is 1. The summed E-state index contributed by atoms with van der Waals surface area (Å²) in [5.74, 6) is 0.546. The number of fused-ring (bicyclic) bond motifs is 5. The number of piperidine rings is 1. The molecule has 1 amide bonds. The highest BCUT2D eigenvalue weighted by Gasteiger charge is 2.37. The highest BCUT2D eigenvalue weighted by molar-refractivity contribution is 7.22. The number of nitrogens with zero attached hydrogens (tertiary/aromatic N) is 3. The van der Waals surface area contributed by atoms with Crippen molar-refractivity contribution in [2.75, 3.05) is 13.1 Å². The van der Waals surface area contributed by atoms with Crippen LogP contribution in [0, 0.1) is 5.92 Å². The molecule has 154 valence electrons. The van der Waals surface area contributed by atoms with Gasteiger partial charge in [0.2, 0.25) is 0 Å². The van der Waals surface area contributed by atoms with Crippen molar-refractivity contribution < 1.29 is 4.79 Å². The number of pyridine rings is 2. The van der Waals surface area contributed by atoms with E-state index in [1.165, 1.54) is 10.1 Å². The maximum absolute atomic E-state index is 13.4. The monoisotopic (exact) mass is 427 g/mol. The third-order valence-electron chi connectivity index (χ3n) is 6.51. The first-order valence-electron chi connectivity index (χ1n) is 10.6. The van der Waals surface area contributed by atoms with Gasteiger partial charge in [-0.3, -0.25) is 14.6 Å². The standard InChI is InChI=1S/C25H21N3O2S/c29-24(17-7-9-26-10-8-17)27-13-16-11-19(15-27)21-6-5-20(25(30)28(21)14-16)23-12-18-3-1-2-4-22(18)31-23/h1-10,12,16,19H,11,13-15H2. The lowest BCUT2D eigenvalue weighted by Crippen LogP contribution is -2.49. The summed E-state index contributed by atoms with van der Waals surface area (Å²) >= 11 is 1.67. The zero-order chi connectivity index (χ0) is 20.9. The molecular formula is C25H21N3O2S. The van der Waals surface area contributed by atoms with E-state index in [1.54, 1.807) is 35.9 Å². The van der Waals surface area contributed by atoms with Gasteiger partial charge in [0.1, 0.15) is 0 Å². The quantitative estimate of drug-likeness (QED) is 0.477. The Hall–Kier alpha value is -3.25. The van der Waals surface area contributed by atoms with E-state index in [0.29, 0.717) is 31.1 Å². The van der Waals surface area contributed by atoms with Gasteiger partial charge in [-0.25, -0.2) is 0 Å². The molecule has 3 aromatic heterocycles. The van der Waals surface area contributed by atoms with Gasteiger partial charge in [-0.15, -0.1) is 11.3 Å². The number of hydrogen-bond donors (Lipinski definition) is 0. The molecule has 2 aliphatic rings. The third-order valence-corrected chi connectivity index (χ3v) is 7.66. The van der Waals surface area contributed by atoms with E-state index in [2.05, 4.69) is 29.2 Å². The van der Waals surface area contributed by atoms with Gasteiger partial charge in [-0.1, -0.05) is 18.2 Å². The number of thiophene rings is 1. The fourth-order valence-corrected chi connectivity index (χ4v) is 6.17. The molecule has 5 heterocycles. The molecule has 2 aliphatic heterocycles. The van der Waals surface area contributed by atoms with Gasteiger partial charge >= 0.3 is 0 Å². The van der Waals surface area contributed by atoms with Crippen molar-refractivity contribution in [3.05, 3.63) is 88.6 Å². The van der Waals surface area contributed by atoms with Crippen LogP contribution in [0.5, 0.6) is 0 Å². The number of amides is 1. The first-order valence-corrected chi connectivity index (χ1v) is 11.4. The molecule has 0 N–H and O–H groups in total. The average molecular weight is 428 g/mol. The summed E-state index contributed by atoms with van der Waals surface area (Å²) in [4.78, 5) is 33.4. The lowest BCUT2D eigenvalue weighted by atomic mass is 9.82. The molecule has 31 heavy (non-hydrogen) atoms. The summed E-state index contributed by atoms with van der Waals surface area (Å²) in [5.41, 5.74) is 2.59. The second-order valence-electron chi connectivity index (χ2n) is 8.48. The van der Waals surface area contributed by atoms with E-state index >= 15 is 0 Å². The van der Waals surface area contributed by atoms with Gasteiger partial charge in [-0.05, 0) is 54.1 Å². The number of likely N-dealkylation sites (tertiary alicyclic amines) is 1. The minimum atomic E-state index is 0.0507. The van der Waals surface area contributed by atoms with Crippen molar-refractivity contribution in [1.29, 1.82) is 0 Å². The molecule has 0 aliphatic carbocycles. The van der Waals surface area contributed by atoms with E-state index in [1.807, 2.05) is 27.7 Å². The summed E-state index contributed by atoms with van der Waals surface area (Å²) in [5, 5.41) is 1.17. The van der Waals surface area contributed by atoms with Gasteiger partial charge in [0.05, 0.1) is 5.56 Å². The Bertz CT molecular complexity index is 1330. The topological polar surface area (TPSA) is 55.2 Å². The van der Waals surface area contributed by atoms with E-state index in [4.69, 9.17) is 0 Å². The van der Waals surface area contributed by atoms with Crippen LogP contribution in [0.1, 0.15) is 28.4 Å². The van der Waals surface area contributed by atoms with Gasteiger partial charge in [0.15, 0.2) is 0 Å². The van der Waals surface area contributed by atoms with Crippen LogP contribution in [0.15, 0.2) is 71.8 Å². The molecule has 1 fully saturated rings. The molecule has 1 aromatic carbocycles. The fraction of sp³-hybridized carbons (Fsp3) is 0.240. The minimum absolute atomic E-state index is 0.0507. The Morgan fingerprint density at radius 1 is 1.00 bits per heavy atom. The summed E-state index contributed by atoms with van der Waals surface area (Å²) in [6.07, 6.45) is 4.34. The molecule has 1 saturated heterocycles. The van der Waals surface area contributed by atoms with Gasteiger partial charge < -0.3 is 9.47 Å². The Morgan fingerprint density at radius 2 is 1.84 bits per heavy atom. The highest BCUT2D eigenvalue weighted by Crippen LogP contribution is 2.37. The van der Waals surface area contributed by atoms with E-state index in [9.17, 15) is 9.59 Å². The zero-order valence-electron chi connectivity index (χ0n) is 16.9. The van der Waals surface area contributed by atoms with Crippen LogP contribution >= 0.6 is 11.3 Å². The van der Waals surface area contributed by atoms with Crippen molar-refractivity contribution in [2.24, 2.45) is 5.92 Å². The smallest absolute Gasteiger partial charge is 0.259 e.